The van der Waals surface area contributed by atoms with Crippen LogP contribution in [0.5, 0.6) is 0 Å². The molecule has 1 heterocycles. The number of allylic oxidation sites excluding steroid dienone is 3. The monoisotopic (exact) mass is 256 g/mol. The van der Waals surface area contributed by atoms with Gasteiger partial charge in [-0.2, -0.15) is 0 Å². The predicted molar refractivity (Wildman–Crippen MR) is 76.5 cm³/mol. The van der Waals surface area contributed by atoms with Crippen molar-refractivity contribution in [2.45, 2.75) is 46.8 Å². The van der Waals surface area contributed by atoms with Crippen molar-refractivity contribution in [1.29, 1.82) is 0 Å². The quantitative estimate of drug-likeness (QED) is 0.567. The molecule has 0 aromatic heterocycles. The van der Waals surface area contributed by atoms with Gasteiger partial charge in [-0.05, 0) is 19.8 Å². The van der Waals surface area contributed by atoms with E-state index in [1.807, 2.05) is 39.8 Å². The molecule has 1 aliphatic heterocycles. The van der Waals surface area contributed by atoms with Crippen LogP contribution in [0.2, 0.25) is 0 Å². The molecule has 106 valence electrons. The maximum Gasteiger partial charge on any atom is 0.154 e. The van der Waals surface area contributed by atoms with Gasteiger partial charge in [0.05, 0.1) is 13.2 Å². The molecule has 1 unspecified atom stereocenters. The first kappa shape index (κ1) is 19.4. The highest BCUT2D eigenvalue weighted by Gasteiger charge is 2.05. The van der Waals surface area contributed by atoms with Crippen LogP contribution < -0.4 is 0 Å². The lowest BCUT2D eigenvalue weighted by molar-refractivity contribution is -0.167. The number of carbonyl (C=O) groups excluding carboxylic acids is 1. The Balaban J connectivity index is 0. The first-order valence-corrected chi connectivity index (χ1v) is 6.66. The van der Waals surface area contributed by atoms with Crippen molar-refractivity contribution in [3.63, 3.8) is 0 Å². The molecule has 0 amide bonds. The number of hydrogen-bond donors (Lipinski definition) is 0. The largest absolute Gasteiger partial charge is 0.353 e. The number of hydrogen-bond acceptors (Lipinski definition) is 3. The third-order valence-electron chi connectivity index (χ3n) is 2.01. The minimum absolute atomic E-state index is 0.0359. The third-order valence-corrected chi connectivity index (χ3v) is 2.01. The highest BCUT2D eigenvalue weighted by Crippen LogP contribution is 2.01. The Kier molecular flexibility index (Phi) is 17.3. The molecule has 18 heavy (non-hydrogen) atoms. The summed E-state index contributed by atoms with van der Waals surface area (Å²) in [5.74, 6) is 0.140. The van der Waals surface area contributed by atoms with Crippen LogP contribution in [0.1, 0.15) is 40.5 Å². The first-order valence-electron chi connectivity index (χ1n) is 6.66. The zero-order valence-electron chi connectivity index (χ0n) is 12.2. The van der Waals surface area contributed by atoms with Gasteiger partial charge in [0.25, 0.3) is 0 Å². The number of aldehydes is 1. The molecule has 0 N–H and O–H groups in total. The molecule has 0 spiro atoms. The Labute approximate surface area is 112 Å². The van der Waals surface area contributed by atoms with Crippen LogP contribution in [0, 0.1) is 5.92 Å². The van der Waals surface area contributed by atoms with Crippen LogP contribution in [-0.2, 0) is 14.3 Å². The topological polar surface area (TPSA) is 35.5 Å². The van der Waals surface area contributed by atoms with Crippen molar-refractivity contribution in [3.8, 4) is 0 Å². The molecule has 0 aromatic rings. The molecule has 3 heteroatoms. The molecular weight excluding hydrogens is 228 g/mol. The highest BCUT2D eigenvalue weighted by molar-refractivity contribution is 5.53. The van der Waals surface area contributed by atoms with Crippen molar-refractivity contribution >= 4 is 6.29 Å². The van der Waals surface area contributed by atoms with E-state index in [4.69, 9.17) is 9.47 Å². The summed E-state index contributed by atoms with van der Waals surface area (Å²) in [7, 11) is 0. The van der Waals surface area contributed by atoms with Crippen LogP contribution in [0.4, 0.5) is 0 Å². The summed E-state index contributed by atoms with van der Waals surface area (Å²) in [5.41, 5.74) is 0. The van der Waals surface area contributed by atoms with E-state index < -0.39 is 0 Å². The Hall–Kier alpha value is -0.930. The lowest BCUT2D eigenvalue weighted by Crippen LogP contribution is -2.21. The van der Waals surface area contributed by atoms with Crippen LogP contribution in [0.3, 0.4) is 0 Å². The molecule has 1 atom stereocenters. The summed E-state index contributed by atoms with van der Waals surface area (Å²) in [6.45, 7) is 13.0. The zero-order valence-corrected chi connectivity index (χ0v) is 12.2. The minimum atomic E-state index is 0.0359. The normalized spacial score (nSPS) is 16.9. The lowest BCUT2D eigenvalue weighted by atomic mass is 10.1. The summed E-state index contributed by atoms with van der Waals surface area (Å²) in [4.78, 5) is 10.0. The smallest absolute Gasteiger partial charge is 0.154 e. The van der Waals surface area contributed by atoms with E-state index >= 15 is 0 Å². The standard InChI is InChI=1S/C8H12O.C5H10O2.C2H6/c1-3-4-5-6-8(2)7-9;1-5-6-3-2-4-7-5;1-2/h3-5,7-8H,1,6H2,2H3;5H,2-4H2,1H3;1-2H3/b5-4-;;. The Bertz CT molecular complexity index is 206. The van der Waals surface area contributed by atoms with Crippen LogP contribution in [0.25, 0.3) is 0 Å². The number of ether oxygens (including phenoxy) is 2. The summed E-state index contributed by atoms with van der Waals surface area (Å²) < 4.78 is 10.1. The molecular formula is C15H28O3. The predicted octanol–water partition coefficient (Wildman–Crippen LogP) is 3.75. The fourth-order valence-corrected chi connectivity index (χ4v) is 1.05. The van der Waals surface area contributed by atoms with Gasteiger partial charge in [0, 0.05) is 5.92 Å². The fraction of sp³-hybridized carbons (Fsp3) is 0.667. The van der Waals surface area contributed by atoms with Gasteiger partial charge in [0.2, 0.25) is 0 Å². The molecule has 0 bridgehead atoms. The molecule has 0 saturated carbocycles. The molecule has 1 rings (SSSR count). The molecule has 1 saturated heterocycles. The molecule has 0 aliphatic carbocycles. The van der Waals surface area contributed by atoms with Crippen molar-refractivity contribution < 1.29 is 14.3 Å². The van der Waals surface area contributed by atoms with Crippen molar-refractivity contribution in [2.75, 3.05) is 13.2 Å². The SMILES string of the molecule is C=C/C=C\CC(C)C=O.CC.CC1OCCCO1. The van der Waals surface area contributed by atoms with Gasteiger partial charge in [0.15, 0.2) is 6.29 Å². The van der Waals surface area contributed by atoms with Gasteiger partial charge in [-0.1, -0.05) is 45.6 Å². The molecule has 3 nitrogen and oxygen atoms in total. The zero-order chi connectivity index (χ0) is 14.2. The average Bonchev–Trinajstić information content (AvgIpc) is 2.43. The van der Waals surface area contributed by atoms with Gasteiger partial charge in [-0.3, -0.25) is 0 Å². The van der Waals surface area contributed by atoms with E-state index in [1.54, 1.807) is 6.08 Å². The summed E-state index contributed by atoms with van der Waals surface area (Å²) in [6.07, 6.45) is 8.34. The molecule has 0 radical (unpaired) electrons. The van der Waals surface area contributed by atoms with E-state index in [2.05, 4.69) is 6.58 Å². The van der Waals surface area contributed by atoms with Crippen molar-refractivity contribution in [2.24, 2.45) is 5.92 Å². The van der Waals surface area contributed by atoms with Crippen LogP contribution in [0.15, 0.2) is 24.8 Å². The van der Waals surface area contributed by atoms with Crippen molar-refractivity contribution in [3.05, 3.63) is 24.8 Å². The average molecular weight is 256 g/mol. The second kappa shape index (κ2) is 16.1. The second-order valence-corrected chi connectivity index (χ2v) is 3.68. The fourth-order valence-electron chi connectivity index (χ4n) is 1.05. The van der Waals surface area contributed by atoms with E-state index in [1.165, 1.54) is 0 Å². The van der Waals surface area contributed by atoms with Crippen molar-refractivity contribution in [1.82, 2.24) is 0 Å². The number of carbonyl (C=O) groups is 1. The first-order chi connectivity index (χ1) is 8.70. The Morgan fingerprint density at radius 3 is 2.22 bits per heavy atom. The molecule has 0 aromatic carbocycles. The van der Waals surface area contributed by atoms with Gasteiger partial charge in [-0.15, -0.1) is 0 Å². The third kappa shape index (κ3) is 15.1. The Morgan fingerprint density at radius 2 is 1.89 bits per heavy atom. The maximum atomic E-state index is 10.0. The van der Waals surface area contributed by atoms with E-state index in [-0.39, 0.29) is 12.2 Å². The van der Waals surface area contributed by atoms with Crippen LogP contribution in [-0.4, -0.2) is 25.8 Å². The number of rotatable bonds is 4. The van der Waals surface area contributed by atoms with Gasteiger partial charge < -0.3 is 14.3 Å². The summed E-state index contributed by atoms with van der Waals surface area (Å²) in [6, 6.07) is 0. The summed E-state index contributed by atoms with van der Waals surface area (Å²) >= 11 is 0. The maximum absolute atomic E-state index is 10.0. The minimum Gasteiger partial charge on any atom is -0.353 e. The highest BCUT2D eigenvalue weighted by atomic mass is 16.7. The summed E-state index contributed by atoms with van der Waals surface area (Å²) in [5, 5.41) is 0. The lowest BCUT2D eigenvalue weighted by Gasteiger charge is -2.18. The van der Waals surface area contributed by atoms with Gasteiger partial charge in [-0.25, -0.2) is 0 Å². The van der Waals surface area contributed by atoms with Gasteiger partial charge in [0.1, 0.15) is 6.29 Å². The van der Waals surface area contributed by atoms with E-state index in [0.717, 1.165) is 32.3 Å². The van der Waals surface area contributed by atoms with Crippen LogP contribution >= 0.6 is 0 Å². The van der Waals surface area contributed by atoms with E-state index in [9.17, 15) is 4.79 Å². The molecule has 1 aliphatic rings. The molecule has 1 fully saturated rings. The second-order valence-electron chi connectivity index (χ2n) is 3.68. The van der Waals surface area contributed by atoms with E-state index in [0.29, 0.717) is 0 Å². The Morgan fingerprint density at radius 1 is 1.33 bits per heavy atom. The van der Waals surface area contributed by atoms with Gasteiger partial charge >= 0.3 is 0 Å².